The molecule has 0 spiro atoms. The lowest BCUT2D eigenvalue weighted by Crippen LogP contribution is -2.42. The summed E-state index contributed by atoms with van der Waals surface area (Å²) in [4.78, 5) is 12.5. The van der Waals surface area contributed by atoms with Gasteiger partial charge in [0.15, 0.2) is 0 Å². The highest BCUT2D eigenvalue weighted by Gasteiger charge is 2.34. The van der Waals surface area contributed by atoms with E-state index in [1.165, 1.54) is 34.6 Å². The Balaban J connectivity index is 1.65. The van der Waals surface area contributed by atoms with E-state index in [0.29, 0.717) is 24.4 Å². The van der Waals surface area contributed by atoms with Gasteiger partial charge in [0.25, 0.3) is 0 Å². The fourth-order valence-corrected chi connectivity index (χ4v) is 4.64. The lowest BCUT2D eigenvalue weighted by Gasteiger charge is -2.30. The van der Waals surface area contributed by atoms with Crippen LogP contribution in [0.25, 0.3) is 0 Å². The quantitative estimate of drug-likeness (QED) is 0.705. The van der Waals surface area contributed by atoms with Gasteiger partial charge >= 0.3 is 5.97 Å². The third-order valence-corrected chi connectivity index (χ3v) is 6.63. The minimum atomic E-state index is -3.71. The fraction of sp³-hybridized carbons (Fsp3) is 0.316. The number of esters is 1. The molecule has 1 unspecified atom stereocenters. The Morgan fingerprint density at radius 3 is 2.59 bits per heavy atom. The SMILES string of the molecule is O=C(OCc1ccccc1F)C1CCCN(S(=O)(=O)c2ccc(Cl)cc2)C1. The maximum atomic E-state index is 13.6. The van der Waals surface area contributed by atoms with Crippen LogP contribution in [0.15, 0.2) is 53.4 Å². The van der Waals surface area contributed by atoms with Gasteiger partial charge in [-0.3, -0.25) is 4.79 Å². The summed E-state index contributed by atoms with van der Waals surface area (Å²) in [5.74, 6) is -1.54. The van der Waals surface area contributed by atoms with Crippen LogP contribution in [0.4, 0.5) is 4.39 Å². The van der Waals surface area contributed by atoms with E-state index < -0.39 is 27.7 Å². The molecule has 1 fully saturated rings. The number of carbonyl (C=O) groups excluding carboxylic acids is 1. The highest BCUT2D eigenvalue weighted by atomic mass is 35.5. The van der Waals surface area contributed by atoms with Gasteiger partial charge in [-0.15, -0.1) is 0 Å². The Labute approximate surface area is 162 Å². The van der Waals surface area contributed by atoms with Crippen LogP contribution in [0, 0.1) is 11.7 Å². The zero-order chi connectivity index (χ0) is 19.4. The van der Waals surface area contributed by atoms with Gasteiger partial charge in [0.1, 0.15) is 12.4 Å². The summed E-state index contributed by atoms with van der Waals surface area (Å²) in [7, 11) is -3.71. The second-order valence-corrected chi connectivity index (χ2v) is 8.73. The van der Waals surface area contributed by atoms with Crippen molar-refractivity contribution in [3.63, 3.8) is 0 Å². The van der Waals surface area contributed by atoms with Gasteiger partial charge in [-0.2, -0.15) is 4.31 Å². The predicted molar refractivity (Wildman–Crippen MR) is 99.1 cm³/mol. The predicted octanol–water partition coefficient (Wildman–Crippen LogP) is 3.62. The molecule has 0 radical (unpaired) electrons. The molecular weight excluding hydrogens is 393 g/mol. The summed E-state index contributed by atoms with van der Waals surface area (Å²) in [5.41, 5.74) is 0.285. The number of hydrogen-bond donors (Lipinski definition) is 0. The Morgan fingerprint density at radius 1 is 1.19 bits per heavy atom. The molecule has 2 aromatic carbocycles. The van der Waals surface area contributed by atoms with Crippen molar-refractivity contribution in [2.24, 2.45) is 5.92 Å². The summed E-state index contributed by atoms with van der Waals surface area (Å²) in [6.45, 7) is 0.203. The second kappa shape index (κ2) is 8.37. The number of ether oxygens (including phenoxy) is 1. The Hall–Kier alpha value is -1.96. The minimum Gasteiger partial charge on any atom is -0.460 e. The molecule has 0 amide bonds. The maximum absolute atomic E-state index is 13.6. The number of nitrogens with zero attached hydrogens (tertiary/aromatic N) is 1. The molecule has 0 aliphatic carbocycles. The molecule has 5 nitrogen and oxygen atoms in total. The second-order valence-electron chi connectivity index (χ2n) is 6.36. The van der Waals surface area contributed by atoms with Gasteiger partial charge in [0.05, 0.1) is 10.8 Å². The van der Waals surface area contributed by atoms with Crippen molar-refractivity contribution in [1.29, 1.82) is 0 Å². The number of rotatable bonds is 5. The van der Waals surface area contributed by atoms with Gasteiger partial charge in [-0.05, 0) is 43.2 Å². The van der Waals surface area contributed by atoms with Crippen LogP contribution in [0.3, 0.4) is 0 Å². The topological polar surface area (TPSA) is 63.7 Å². The first-order valence-electron chi connectivity index (χ1n) is 8.53. The highest BCUT2D eigenvalue weighted by molar-refractivity contribution is 7.89. The molecule has 2 aromatic rings. The van der Waals surface area contributed by atoms with E-state index in [1.54, 1.807) is 18.2 Å². The average Bonchev–Trinajstić information content (AvgIpc) is 2.67. The van der Waals surface area contributed by atoms with Crippen LogP contribution in [0.2, 0.25) is 5.02 Å². The van der Waals surface area contributed by atoms with Crippen molar-refractivity contribution in [1.82, 2.24) is 4.31 Å². The van der Waals surface area contributed by atoms with Crippen molar-refractivity contribution < 1.29 is 22.3 Å². The molecule has 144 valence electrons. The third kappa shape index (κ3) is 4.66. The molecule has 3 rings (SSSR count). The van der Waals surface area contributed by atoms with Crippen LogP contribution in [-0.2, 0) is 26.2 Å². The number of hydrogen-bond acceptors (Lipinski definition) is 4. The van der Waals surface area contributed by atoms with E-state index in [2.05, 4.69) is 0 Å². The van der Waals surface area contributed by atoms with Gasteiger partial charge < -0.3 is 4.74 Å². The number of sulfonamides is 1. The molecule has 0 aromatic heterocycles. The lowest BCUT2D eigenvalue weighted by molar-refractivity contribution is -0.151. The van der Waals surface area contributed by atoms with E-state index in [-0.39, 0.29) is 23.6 Å². The van der Waals surface area contributed by atoms with Crippen molar-refractivity contribution in [2.45, 2.75) is 24.3 Å². The fourth-order valence-electron chi connectivity index (χ4n) is 2.99. The smallest absolute Gasteiger partial charge is 0.310 e. The zero-order valence-electron chi connectivity index (χ0n) is 14.5. The molecular formula is C19H19ClFNO4S. The van der Waals surface area contributed by atoms with Crippen molar-refractivity contribution >= 4 is 27.6 Å². The monoisotopic (exact) mass is 411 g/mol. The Bertz CT molecular complexity index is 918. The first-order chi connectivity index (χ1) is 12.9. The zero-order valence-corrected chi connectivity index (χ0v) is 16.0. The van der Waals surface area contributed by atoms with E-state index in [1.807, 2.05) is 0 Å². The number of carbonyl (C=O) groups is 1. The molecule has 8 heteroatoms. The summed E-state index contributed by atoms with van der Waals surface area (Å²) < 4.78 is 45.7. The molecule has 27 heavy (non-hydrogen) atoms. The molecule has 1 heterocycles. The van der Waals surface area contributed by atoms with Crippen LogP contribution in [-0.4, -0.2) is 31.8 Å². The average molecular weight is 412 g/mol. The molecule has 0 bridgehead atoms. The summed E-state index contributed by atoms with van der Waals surface area (Å²) in [6, 6.07) is 12.0. The van der Waals surface area contributed by atoms with Crippen molar-refractivity contribution in [2.75, 3.05) is 13.1 Å². The van der Waals surface area contributed by atoms with E-state index in [0.717, 1.165) is 0 Å². The molecule has 1 aliphatic heterocycles. The molecule has 0 N–H and O–H groups in total. The van der Waals surface area contributed by atoms with Crippen LogP contribution >= 0.6 is 11.6 Å². The van der Waals surface area contributed by atoms with Gasteiger partial charge in [0.2, 0.25) is 10.0 Å². The molecule has 1 saturated heterocycles. The maximum Gasteiger partial charge on any atom is 0.310 e. The van der Waals surface area contributed by atoms with Gasteiger partial charge in [-0.1, -0.05) is 29.8 Å². The van der Waals surface area contributed by atoms with E-state index >= 15 is 0 Å². The van der Waals surface area contributed by atoms with Crippen molar-refractivity contribution in [3.05, 3.63) is 64.9 Å². The summed E-state index contributed by atoms with van der Waals surface area (Å²) in [5, 5.41) is 0.446. The number of halogens is 2. The van der Waals surface area contributed by atoms with Crippen molar-refractivity contribution in [3.8, 4) is 0 Å². The van der Waals surface area contributed by atoms with Crippen LogP contribution in [0.5, 0.6) is 0 Å². The normalized spacial score (nSPS) is 18.2. The van der Waals surface area contributed by atoms with E-state index in [9.17, 15) is 17.6 Å². The van der Waals surface area contributed by atoms with Gasteiger partial charge in [-0.25, -0.2) is 12.8 Å². The Morgan fingerprint density at radius 2 is 1.89 bits per heavy atom. The minimum absolute atomic E-state index is 0.0427. The molecule has 1 atom stereocenters. The van der Waals surface area contributed by atoms with Gasteiger partial charge in [0, 0.05) is 23.7 Å². The number of benzene rings is 2. The number of piperidine rings is 1. The van der Waals surface area contributed by atoms with Crippen LogP contribution < -0.4 is 0 Å². The van der Waals surface area contributed by atoms with E-state index in [4.69, 9.17) is 16.3 Å². The standard InChI is InChI=1S/C19H19ClFNO4S/c20-16-7-9-17(10-8-16)27(24,25)22-11-3-5-14(12-22)19(23)26-13-15-4-1-2-6-18(15)21/h1-2,4,6-10,14H,3,5,11-13H2. The first kappa shape index (κ1) is 19.8. The van der Waals surface area contributed by atoms with Crippen LogP contribution in [0.1, 0.15) is 18.4 Å². The largest absolute Gasteiger partial charge is 0.460 e. The third-order valence-electron chi connectivity index (χ3n) is 4.50. The summed E-state index contributed by atoms with van der Waals surface area (Å²) in [6.07, 6.45) is 1.08. The molecule has 1 aliphatic rings. The highest BCUT2D eigenvalue weighted by Crippen LogP contribution is 2.25. The lowest BCUT2D eigenvalue weighted by atomic mass is 10.00. The Kier molecular flexibility index (Phi) is 6.14. The summed E-state index contributed by atoms with van der Waals surface area (Å²) >= 11 is 5.81. The first-order valence-corrected chi connectivity index (χ1v) is 10.4. The molecule has 0 saturated carbocycles.